The Morgan fingerprint density at radius 1 is 0.597 bits per heavy atom. The van der Waals surface area contributed by atoms with Crippen LogP contribution in [0.1, 0.15) is 96.8 Å². The van der Waals surface area contributed by atoms with Gasteiger partial charge in [-0.15, -0.1) is 0 Å². The second-order valence-corrected chi connectivity index (χ2v) is 20.5. The molecule has 0 spiro atoms. The lowest BCUT2D eigenvalue weighted by molar-refractivity contribution is -0.133. The highest BCUT2D eigenvalue weighted by Crippen LogP contribution is 2.47. The molecular weight excluding hydrogens is 995 g/mol. The lowest BCUT2D eigenvalue weighted by atomic mass is 9.88. The average Bonchev–Trinajstić information content (AvgIpc) is 3.70. The van der Waals surface area contributed by atoms with Crippen molar-refractivity contribution in [3.63, 3.8) is 0 Å². The predicted octanol–water partition coefficient (Wildman–Crippen LogP) is 5.41. The molecule has 1 aliphatic rings. The molecule has 0 bridgehead atoms. The fraction of sp³-hybridized carbons (Fsp3) is 0.571. The highest BCUT2D eigenvalue weighted by atomic mass is 16.6. The zero-order valence-corrected chi connectivity index (χ0v) is 45.9. The number of urea groups is 1. The second kappa shape index (κ2) is 32.9. The molecule has 0 aliphatic heterocycles. The van der Waals surface area contributed by atoms with Gasteiger partial charge >= 0.3 is 18.2 Å². The van der Waals surface area contributed by atoms with E-state index in [2.05, 4.69) is 80.4 Å². The molecule has 77 heavy (non-hydrogen) atoms. The number of hydrogen-bond acceptors (Lipinski definition) is 13. The van der Waals surface area contributed by atoms with E-state index in [-0.39, 0.29) is 58.1 Å². The fourth-order valence-electron chi connectivity index (χ4n) is 8.46. The van der Waals surface area contributed by atoms with E-state index >= 15 is 0 Å². The maximum absolute atomic E-state index is 13.8. The van der Waals surface area contributed by atoms with Gasteiger partial charge < -0.3 is 75.9 Å². The van der Waals surface area contributed by atoms with E-state index in [1.807, 2.05) is 34.6 Å². The normalized spacial score (nSPS) is 13.4. The summed E-state index contributed by atoms with van der Waals surface area (Å²) in [7, 11) is 0. The van der Waals surface area contributed by atoms with Crippen molar-refractivity contribution in [3.8, 4) is 16.9 Å². The third kappa shape index (κ3) is 24.1. The Morgan fingerprint density at radius 2 is 1.10 bits per heavy atom. The summed E-state index contributed by atoms with van der Waals surface area (Å²) in [6.45, 7) is 16.6. The van der Waals surface area contributed by atoms with E-state index in [0.29, 0.717) is 70.5 Å². The molecule has 21 nitrogen and oxygen atoms in total. The summed E-state index contributed by atoms with van der Waals surface area (Å²) in [5.41, 5.74) is 10.0. The van der Waals surface area contributed by atoms with E-state index in [4.69, 9.17) is 38.9 Å². The van der Waals surface area contributed by atoms with Crippen molar-refractivity contribution in [2.45, 2.75) is 116 Å². The van der Waals surface area contributed by atoms with Gasteiger partial charge in [0.15, 0.2) is 0 Å². The lowest BCUT2D eigenvalue weighted by Gasteiger charge is -2.27. The van der Waals surface area contributed by atoms with Crippen molar-refractivity contribution < 1.29 is 67.0 Å². The van der Waals surface area contributed by atoms with Gasteiger partial charge in [-0.2, -0.15) is 0 Å². The number of ether oxygens (including phenoxy) is 7. The van der Waals surface area contributed by atoms with Gasteiger partial charge in [0, 0.05) is 32.0 Å². The largest absolute Gasteiger partial charge is 0.488 e. The van der Waals surface area contributed by atoms with Crippen LogP contribution >= 0.6 is 0 Å². The van der Waals surface area contributed by atoms with Crippen LogP contribution in [0, 0.1) is 5.92 Å². The van der Waals surface area contributed by atoms with Crippen LogP contribution in [0.2, 0.25) is 0 Å². The zero-order valence-electron chi connectivity index (χ0n) is 45.9. The summed E-state index contributed by atoms with van der Waals surface area (Å²) in [6, 6.07) is 19.9. The van der Waals surface area contributed by atoms with E-state index < -0.39 is 71.2 Å². The molecule has 1 aliphatic carbocycles. The van der Waals surface area contributed by atoms with Crippen molar-refractivity contribution in [1.29, 1.82) is 0 Å². The van der Waals surface area contributed by atoms with Gasteiger partial charge in [0.05, 0.1) is 66.1 Å². The Kier molecular flexibility index (Phi) is 26.9. The summed E-state index contributed by atoms with van der Waals surface area (Å²) in [5.74, 6) is -1.49. The third-order valence-electron chi connectivity index (χ3n) is 12.2. The van der Waals surface area contributed by atoms with Crippen molar-refractivity contribution in [1.82, 2.24) is 31.9 Å². The van der Waals surface area contributed by atoms with Crippen LogP contribution in [-0.4, -0.2) is 156 Å². The SMILES string of the molecule is CC(C)[C@H](NC(=O)O)C(=O)N[C@@H](CCCNC(N)=O)C(=O)N[C@@H](Cc1ccc(OC(C)(C)C)cc1)C(=O)NCCOCCOCCOCCOCCOCCNC(=O)OC(C)(C)CCC1c2ccccc2-c2ccccc21. The number of amides is 7. The fourth-order valence-corrected chi connectivity index (χ4v) is 8.46. The molecule has 0 saturated heterocycles. The number of alkyl carbamates (subject to hydrolysis) is 1. The molecule has 9 N–H and O–H groups in total. The third-order valence-corrected chi connectivity index (χ3v) is 12.2. The molecule has 0 heterocycles. The molecule has 21 heteroatoms. The van der Waals surface area contributed by atoms with E-state index in [0.717, 1.165) is 6.42 Å². The monoisotopic (exact) mass is 1080 g/mol. The highest BCUT2D eigenvalue weighted by Gasteiger charge is 2.33. The number of primary amides is 1. The van der Waals surface area contributed by atoms with Gasteiger partial charge in [-0.05, 0) is 106 Å². The molecule has 0 saturated carbocycles. The van der Waals surface area contributed by atoms with Gasteiger partial charge in [-0.3, -0.25) is 14.4 Å². The number of fused-ring (bicyclic) bond motifs is 3. The molecule has 426 valence electrons. The van der Waals surface area contributed by atoms with Gasteiger partial charge in [0.25, 0.3) is 0 Å². The molecule has 7 amide bonds. The van der Waals surface area contributed by atoms with E-state index in [9.17, 15) is 33.9 Å². The molecule has 0 aromatic heterocycles. The number of hydrogen-bond donors (Lipinski definition) is 8. The van der Waals surface area contributed by atoms with Crippen molar-refractivity contribution >= 4 is 35.9 Å². The number of rotatable bonds is 36. The van der Waals surface area contributed by atoms with Crippen LogP contribution < -0.4 is 42.4 Å². The molecule has 0 radical (unpaired) electrons. The predicted molar refractivity (Wildman–Crippen MR) is 290 cm³/mol. The topological polar surface area (TPSA) is 285 Å². The number of carboxylic acid groups (broad SMARTS) is 1. The molecule has 4 rings (SSSR count). The van der Waals surface area contributed by atoms with E-state index in [1.165, 1.54) is 22.3 Å². The molecule has 3 aromatic rings. The summed E-state index contributed by atoms with van der Waals surface area (Å²) in [6.07, 6.45) is 0.0207. The highest BCUT2D eigenvalue weighted by molar-refractivity contribution is 5.94. The minimum Gasteiger partial charge on any atom is -0.488 e. The quantitative estimate of drug-likeness (QED) is 0.0338. The first kappa shape index (κ1) is 63.0. The molecule has 3 aromatic carbocycles. The number of nitrogens with two attached hydrogens (primary N) is 1. The lowest BCUT2D eigenvalue weighted by Crippen LogP contribution is -2.58. The Labute approximate surface area is 453 Å². The summed E-state index contributed by atoms with van der Waals surface area (Å²) < 4.78 is 39.7. The molecule has 3 atom stereocenters. The number of benzene rings is 3. The molecular formula is C56H83N7O14. The average molecular weight is 1080 g/mol. The summed E-state index contributed by atoms with van der Waals surface area (Å²) >= 11 is 0. The number of carbonyl (C=O) groups is 6. The number of nitrogens with one attached hydrogen (secondary N) is 6. The van der Waals surface area contributed by atoms with Gasteiger partial charge in [0.1, 0.15) is 35.1 Å². The van der Waals surface area contributed by atoms with Crippen molar-refractivity contribution in [2.75, 3.05) is 85.7 Å². The Bertz CT molecular complexity index is 2260. The minimum absolute atomic E-state index is 0.0339. The Balaban J connectivity index is 1.07. The molecule has 0 unspecified atom stereocenters. The zero-order chi connectivity index (χ0) is 56.2. The Morgan fingerprint density at radius 3 is 1.61 bits per heavy atom. The molecule has 0 fully saturated rings. The Hall–Kier alpha value is -6.52. The first-order valence-electron chi connectivity index (χ1n) is 26.5. The maximum Gasteiger partial charge on any atom is 0.407 e. The van der Waals surface area contributed by atoms with Crippen LogP contribution in [0.3, 0.4) is 0 Å². The van der Waals surface area contributed by atoms with Gasteiger partial charge in [-0.25, -0.2) is 14.4 Å². The van der Waals surface area contributed by atoms with Crippen molar-refractivity contribution in [2.24, 2.45) is 11.7 Å². The first-order chi connectivity index (χ1) is 36.7. The van der Waals surface area contributed by atoms with Crippen LogP contribution in [-0.2, 0) is 49.2 Å². The van der Waals surface area contributed by atoms with Crippen LogP contribution in [0.25, 0.3) is 11.1 Å². The minimum atomic E-state index is -1.41. The number of carbonyl (C=O) groups excluding carboxylic acids is 5. The van der Waals surface area contributed by atoms with Crippen molar-refractivity contribution in [3.05, 3.63) is 89.5 Å². The second-order valence-electron chi connectivity index (χ2n) is 20.5. The van der Waals surface area contributed by atoms with Gasteiger partial charge in [-0.1, -0.05) is 74.5 Å². The van der Waals surface area contributed by atoms with Crippen LogP contribution in [0.4, 0.5) is 14.4 Å². The first-order valence-corrected chi connectivity index (χ1v) is 26.5. The van der Waals surface area contributed by atoms with E-state index in [1.54, 1.807) is 38.1 Å². The standard InChI is InChI=1S/C56H83N7O14/c1-38(2)48(63-53(68)69)51(66)61-46(17-12-24-59-52(57)67)50(65)62-47(37-39-18-20-40(21-19-39)76-55(3,4)5)49(64)58-25-27-71-29-31-73-33-35-75-36-34-74-32-30-72-28-26-60-54(70)77-56(6,7)23-22-45-43-15-10-8-13-41(43)42-14-9-11-16-44(42)45/h8-11,13-16,18-21,38,45-48,63H,12,17,22-37H2,1-7H3,(H,58,64)(H,60,70)(H,61,66)(H,62,65)(H,68,69)(H3,57,59,67)/t46-,47-,48-/m0/s1. The van der Waals surface area contributed by atoms with Crippen LogP contribution in [0.15, 0.2) is 72.8 Å². The maximum atomic E-state index is 13.8. The van der Waals surface area contributed by atoms with Gasteiger partial charge in [0.2, 0.25) is 17.7 Å². The summed E-state index contributed by atoms with van der Waals surface area (Å²) in [5, 5.41) is 24.9. The smallest absolute Gasteiger partial charge is 0.407 e. The van der Waals surface area contributed by atoms with Crippen LogP contribution in [0.5, 0.6) is 5.75 Å². The summed E-state index contributed by atoms with van der Waals surface area (Å²) in [4.78, 5) is 76.0.